The first-order valence-corrected chi connectivity index (χ1v) is 7.63. The smallest absolute Gasteiger partial charge is 0.0697 e. The maximum absolute atomic E-state index is 6.00. The van der Waals surface area contributed by atoms with E-state index >= 15 is 0 Å². The highest BCUT2D eigenvalue weighted by Crippen LogP contribution is 2.42. The zero-order valence-corrected chi connectivity index (χ0v) is 12.1. The van der Waals surface area contributed by atoms with Crippen LogP contribution < -0.4 is 5.32 Å². The molecular weight excluding hydrogens is 234 g/mol. The fourth-order valence-corrected chi connectivity index (χ4v) is 3.48. The number of hydrogen-bond donors (Lipinski definition) is 1. The highest BCUT2D eigenvalue weighted by Gasteiger charge is 2.42. The minimum absolute atomic E-state index is 0.238. The molecule has 19 heavy (non-hydrogen) atoms. The molecule has 1 N–H and O–H groups in total. The Morgan fingerprint density at radius 2 is 2.21 bits per heavy atom. The van der Waals surface area contributed by atoms with Crippen LogP contribution in [0.25, 0.3) is 0 Å². The summed E-state index contributed by atoms with van der Waals surface area (Å²) < 4.78 is 6.00. The van der Waals surface area contributed by atoms with Gasteiger partial charge in [0.2, 0.25) is 0 Å². The zero-order valence-electron chi connectivity index (χ0n) is 12.1. The van der Waals surface area contributed by atoms with Crippen LogP contribution in [0.3, 0.4) is 0 Å². The van der Waals surface area contributed by atoms with Crippen LogP contribution in [-0.2, 0) is 4.74 Å². The van der Waals surface area contributed by atoms with Gasteiger partial charge in [-0.05, 0) is 51.5 Å². The monoisotopic (exact) mass is 259 g/mol. The summed E-state index contributed by atoms with van der Waals surface area (Å²) in [5.74, 6) is 0. The van der Waals surface area contributed by atoms with Gasteiger partial charge in [0, 0.05) is 18.7 Å². The lowest BCUT2D eigenvalue weighted by molar-refractivity contribution is -0.136. The van der Waals surface area contributed by atoms with Crippen LogP contribution in [0.4, 0.5) is 0 Å². The predicted molar refractivity (Wildman–Crippen MR) is 78.3 cm³/mol. The fourth-order valence-electron chi connectivity index (χ4n) is 3.48. The predicted octanol–water partition coefficient (Wildman–Crippen LogP) is 3.75. The van der Waals surface area contributed by atoms with Crippen molar-refractivity contribution >= 4 is 0 Å². The van der Waals surface area contributed by atoms with Crippen LogP contribution in [0, 0.1) is 6.92 Å². The third-order valence-corrected chi connectivity index (χ3v) is 4.79. The molecule has 1 aliphatic carbocycles. The quantitative estimate of drug-likeness (QED) is 0.892. The highest BCUT2D eigenvalue weighted by atomic mass is 16.5. The Morgan fingerprint density at radius 3 is 2.89 bits per heavy atom. The van der Waals surface area contributed by atoms with E-state index in [1.165, 1.54) is 36.8 Å². The van der Waals surface area contributed by atoms with E-state index in [-0.39, 0.29) is 5.60 Å². The van der Waals surface area contributed by atoms with Crippen LogP contribution in [0.15, 0.2) is 24.3 Å². The van der Waals surface area contributed by atoms with Crippen molar-refractivity contribution in [2.45, 2.75) is 63.6 Å². The Kier molecular flexibility index (Phi) is 3.64. The Balaban J connectivity index is 1.61. The summed E-state index contributed by atoms with van der Waals surface area (Å²) in [6, 6.07) is 9.87. The SMILES string of the molecule is Cc1cccc([C@H](C)NC2CCOC3(CCC3)C2)c1. The summed E-state index contributed by atoms with van der Waals surface area (Å²) in [6.45, 7) is 5.36. The number of ether oxygens (including phenoxy) is 1. The fraction of sp³-hybridized carbons (Fsp3) is 0.647. The Labute approximate surface area is 116 Å². The number of benzene rings is 1. The molecule has 1 heterocycles. The lowest BCUT2D eigenvalue weighted by Crippen LogP contribution is -2.51. The molecular formula is C17H25NO. The molecule has 1 saturated heterocycles. The van der Waals surface area contributed by atoms with Crippen molar-refractivity contribution in [1.29, 1.82) is 0 Å². The van der Waals surface area contributed by atoms with Crippen molar-refractivity contribution in [2.24, 2.45) is 0 Å². The van der Waals surface area contributed by atoms with Crippen molar-refractivity contribution < 1.29 is 4.74 Å². The van der Waals surface area contributed by atoms with Crippen LogP contribution in [0.5, 0.6) is 0 Å². The Hall–Kier alpha value is -0.860. The zero-order chi connectivity index (χ0) is 13.3. The topological polar surface area (TPSA) is 21.3 Å². The van der Waals surface area contributed by atoms with Crippen LogP contribution in [-0.4, -0.2) is 18.2 Å². The average molecular weight is 259 g/mol. The molecule has 104 valence electrons. The summed E-state index contributed by atoms with van der Waals surface area (Å²) in [5, 5.41) is 3.81. The van der Waals surface area contributed by atoms with E-state index in [9.17, 15) is 0 Å². The van der Waals surface area contributed by atoms with E-state index in [1.807, 2.05) is 0 Å². The molecule has 1 aromatic carbocycles. The lowest BCUT2D eigenvalue weighted by atomic mass is 9.74. The van der Waals surface area contributed by atoms with E-state index in [0.717, 1.165) is 13.0 Å². The van der Waals surface area contributed by atoms with Crippen molar-refractivity contribution in [3.63, 3.8) is 0 Å². The van der Waals surface area contributed by atoms with Crippen molar-refractivity contribution in [2.75, 3.05) is 6.61 Å². The van der Waals surface area contributed by atoms with Crippen molar-refractivity contribution in [3.8, 4) is 0 Å². The largest absolute Gasteiger partial charge is 0.375 e. The third kappa shape index (κ3) is 2.85. The maximum atomic E-state index is 6.00. The van der Waals surface area contributed by atoms with E-state index in [0.29, 0.717) is 12.1 Å². The molecule has 1 spiro atoms. The summed E-state index contributed by atoms with van der Waals surface area (Å²) in [5.41, 5.74) is 2.98. The van der Waals surface area contributed by atoms with Crippen LogP contribution in [0.2, 0.25) is 0 Å². The van der Waals surface area contributed by atoms with Gasteiger partial charge in [-0.25, -0.2) is 0 Å². The minimum Gasteiger partial charge on any atom is -0.375 e. The Bertz CT molecular complexity index is 439. The molecule has 0 amide bonds. The second-order valence-corrected chi connectivity index (χ2v) is 6.38. The van der Waals surface area contributed by atoms with E-state index in [2.05, 4.69) is 43.4 Å². The van der Waals surface area contributed by atoms with Gasteiger partial charge in [0.25, 0.3) is 0 Å². The molecule has 2 aliphatic rings. The van der Waals surface area contributed by atoms with Gasteiger partial charge in [0.1, 0.15) is 0 Å². The van der Waals surface area contributed by atoms with Crippen LogP contribution >= 0.6 is 0 Å². The van der Waals surface area contributed by atoms with Gasteiger partial charge in [-0.15, -0.1) is 0 Å². The highest BCUT2D eigenvalue weighted by molar-refractivity contribution is 5.24. The molecule has 2 nitrogen and oxygen atoms in total. The second-order valence-electron chi connectivity index (χ2n) is 6.38. The molecule has 3 rings (SSSR count). The summed E-state index contributed by atoms with van der Waals surface area (Å²) in [7, 11) is 0. The summed E-state index contributed by atoms with van der Waals surface area (Å²) in [6.07, 6.45) is 6.23. The van der Waals surface area contributed by atoms with Gasteiger partial charge < -0.3 is 10.1 Å². The van der Waals surface area contributed by atoms with Crippen molar-refractivity contribution in [3.05, 3.63) is 35.4 Å². The first-order valence-electron chi connectivity index (χ1n) is 7.63. The van der Waals surface area contributed by atoms with Gasteiger partial charge in [-0.3, -0.25) is 0 Å². The van der Waals surface area contributed by atoms with Crippen LogP contribution in [0.1, 0.15) is 56.2 Å². The number of rotatable bonds is 3. The van der Waals surface area contributed by atoms with Crippen molar-refractivity contribution in [1.82, 2.24) is 5.32 Å². The number of hydrogen-bond acceptors (Lipinski definition) is 2. The van der Waals surface area contributed by atoms with Gasteiger partial charge in [0.15, 0.2) is 0 Å². The van der Waals surface area contributed by atoms with E-state index in [1.54, 1.807) is 0 Å². The third-order valence-electron chi connectivity index (χ3n) is 4.79. The molecule has 0 radical (unpaired) electrons. The van der Waals surface area contributed by atoms with Gasteiger partial charge in [-0.1, -0.05) is 29.8 Å². The molecule has 2 atom stereocenters. The minimum atomic E-state index is 0.238. The molecule has 1 saturated carbocycles. The van der Waals surface area contributed by atoms with E-state index in [4.69, 9.17) is 4.74 Å². The molecule has 0 aromatic heterocycles. The standard InChI is InChI=1S/C17H25NO/c1-13-5-3-6-15(11-13)14(2)18-16-7-10-19-17(12-16)8-4-9-17/h3,5-6,11,14,16,18H,4,7-10,12H2,1-2H3/t14-,16?/m0/s1. The molecule has 0 bridgehead atoms. The summed E-state index contributed by atoms with van der Waals surface area (Å²) >= 11 is 0. The van der Waals surface area contributed by atoms with Gasteiger partial charge in [0.05, 0.1) is 5.60 Å². The molecule has 2 fully saturated rings. The second kappa shape index (κ2) is 5.26. The molecule has 1 unspecified atom stereocenters. The lowest BCUT2D eigenvalue weighted by Gasteiger charge is -2.47. The normalized spacial score (nSPS) is 26.9. The van der Waals surface area contributed by atoms with E-state index < -0.39 is 0 Å². The molecule has 1 aliphatic heterocycles. The van der Waals surface area contributed by atoms with Gasteiger partial charge in [-0.2, -0.15) is 0 Å². The molecule has 1 aromatic rings. The van der Waals surface area contributed by atoms with Gasteiger partial charge >= 0.3 is 0 Å². The number of aryl methyl sites for hydroxylation is 1. The molecule has 2 heteroatoms. The maximum Gasteiger partial charge on any atom is 0.0697 e. The Morgan fingerprint density at radius 1 is 1.37 bits per heavy atom. The number of nitrogens with one attached hydrogen (secondary N) is 1. The first-order chi connectivity index (χ1) is 9.17. The first kappa shape index (κ1) is 13.1. The summed E-state index contributed by atoms with van der Waals surface area (Å²) in [4.78, 5) is 0. The average Bonchev–Trinajstić information content (AvgIpc) is 2.37.